The van der Waals surface area contributed by atoms with Crippen LogP contribution < -0.4 is 5.32 Å². The van der Waals surface area contributed by atoms with Gasteiger partial charge in [-0.2, -0.15) is 13.2 Å². The molecular formula is C15H11ClF4N4. The summed E-state index contributed by atoms with van der Waals surface area (Å²) in [4.78, 5) is 10.1. The first kappa shape index (κ1) is 16.5. The molecule has 0 radical (unpaired) electrons. The smallest absolute Gasteiger partial charge is 0.361 e. The summed E-state index contributed by atoms with van der Waals surface area (Å²) in [7, 11) is 0. The molecule has 0 aliphatic heterocycles. The van der Waals surface area contributed by atoms with Crippen molar-refractivity contribution in [2.24, 2.45) is 0 Å². The van der Waals surface area contributed by atoms with Crippen LogP contribution in [0.1, 0.15) is 11.3 Å². The van der Waals surface area contributed by atoms with Crippen LogP contribution in [0.25, 0.3) is 10.9 Å². The van der Waals surface area contributed by atoms with Crippen molar-refractivity contribution in [2.45, 2.75) is 12.6 Å². The zero-order valence-corrected chi connectivity index (χ0v) is 12.8. The lowest BCUT2D eigenvalue weighted by molar-refractivity contribution is -0.141. The van der Waals surface area contributed by atoms with E-state index in [1.54, 1.807) is 12.3 Å². The molecule has 2 N–H and O–H groups in total. The molecule has 4 nitrogen and oxygen atoms in total. The normalized spacial score (nSPS) is 11.9. The highest BCUT2D eigenvalue weighted by Crippen LogP contribution is 2.28. The van der Waals surface area contributed by atoms with Gasteiger partial charge in [0.25, 0.3) is 0 Å². The van der Waals surface area contributed by atoms with Gasteiger partial charge in [-0.25, -0.2) is 14.4 Å². The Kier molecular flexibility index (Phi) is 4.31. The first-order chi connectivity index (χ1) is 11.4. The molecule has 0 unspecified atom stereocenters. The maximum Gasteiger partial charge on any atom is 0.433 e. The van der Waals surface area contributed by atoms with E-state index in [4.69, 9.17) is 11.6 Å². The second kappa shape index (κ2) is 6.27. The van der Waals surface area contributed by atoms with Crippen LogP contribution >= 0.6 is 11.6 Å². The second-order valence-electron chi connectivity index (χ2n) is 5.04. The molecule has 0 aliphatic rings. The molecule has 126 valence electrons. The molecule has 0 atom stereocenters. The van der Waals surface area contributed by atoms with Crippen LogP contribution in [-0.4, -0.2) is 21.5 Å². The number of nitrogens with zero attached hydrogens (tertiary/aromatic N) is 2. The molecular weight excluding hydrogens is 348 g/mol. The van der Waals surface area contributed by atoms with Gasteiger partial charge in [0.1, 0.15) is 5.69 Å². The quantitative estimate of drug-likeness (QED) is 0.679. The average Bonchev–Trinajstić information content (AvgIpc) is 2.94. The van der Waals surface area contributed by atoms with Gasteiger partial charge in [0.2, 0.25) is 5.95 Å². The van der Waals surface area contributed by atoms with Crippen molar-refractivity contribution in [3.8, 4) is 0 Å². The lowest BCUT2D eigenvalue weighted by Crippen LogP contribution is -2.13. The third kappa shape index (κ3) is 3.28. The van der Waals surface area contributed by atoms with Gasteiger partial charge in [-0.1, -0.05) is 11.6 Å². The number of fused-ring (bicyclic) bond motifs is 1. The van der Waals surface area contributed by atoms with E-state index >= 15 is 0 Å². The van der Waals surface area contributed by atoms with Crippen molar-refractivity contribution >= 4 is 28.5 Å². The van der Waals surface area contributed by atoms with Crippen LogP contribution in [0.15, 0.2) is 30.6 Å². The standard InChI is InChI=1S/C15H11ClF4N4/c16-9-1-2-10-12(13(9)17)8(7-23-10)3-5-21-14-22-6-4-11(24-14)15(18,19)20/h1-2,4,6-7,23H,3,5H2,(H,21,22,24). The van der Waals surface area contributed by atoms with Gasteiger partial charge in [0.15, 0.2) is 5.82 Å². The number of anilines is 1. The molecule has 0 spiro atoms. The molecule has 2 aromatic heterocycles. The Morgan fingerprint density at radius 2 is 2.00 bits per heavy atom. The fraction of sp³-hybridized carbons (Fsp3) is 0.200. The van der Waals surface area contributed by atoms with Crippen molar-refractivity contribution in [3.05, 3.63) is 52.7 Å². The largest absolute Gasteiger partial charge is 0.433 e. The zero-order valence-electron chi connectivity index (χ0n) is 12.1. The van der Waals surface area contributed by atoms with Crippen molar-refractivity contribution in [1.82, 2.24) is 15.0 Å². The Bertz CT molecular complexity index is 876. The molecule has 0 saturated heterocycles. The Balaban J connectivity index is 1.73. The number of hydrogen-bond acceptors (Lipinski definition) is 3. The van der Waals surface area contributed by atoms with Gasteiger partial charge in [0, 0.05) is 29.8 Å². The minimum absolute atomic E-state index is 0.0116. The van der Waals surface area contributed by atoms with Crippen LogP contribution in [-0.2, 0) is 12.6 Å². The summed E-state index contributed by atoms with van der Waals surface area (Å²) in [6.07, 6.45) is -1.50. The van der Waals surface area contributed by atoms with Gasteiger partial charge < -0.3 is 10.3 Å². The Morgan fingerprint density at radius 3 is 2.75 bits per heavy atom. The molecule has 2 heterocycles. The van der Waals surface area contributed by atoms with E-state index < -0.39 is 17.7 Å². The Labute approximate surface area is 138 Å². The number of hydrogen-bond donors (Lipinski definition) is 2. The van der Waals surface area contributed by atoms with E-state index in [1.807, 2.05) is 0 Å². The fourth-order valence-electron chi connectivity index (χ4n) is 2.33. The van der Waals surface area contributed by atoms with Crippen LogP contribution in [0.5, 0.6) is 0 Å². The SMILES string of the molecule is Fc1c(Cl)ccc2[nH]cc(CCNc3nccc(C(F)(F)F)n3)c12. The van der Waals surface area contributed by atoms with E-state index in [-0.39, 0.29) is 17.5 Å². The average molecular weight is 359 g/mol. The summed E-state index contributed by atoms with van der Waals surface area (Å²) in [6.45, 7) is 0.236. The first-order valence-electron chi connectivity index (χ1n) is 6.94. The lowest BCUT2D eigenvalue weighted by atomic mass is 10.1. The summed E-state index contributed by atoms with van der Waals surface area (Å²) >= 11 is 5.78. The van der Waals surface area contributed by atoms with Gasteiger partial charge in [-0.15, -0.1) is 0 Å². The number of halogens is 5. The zero-order chi connectivity index (χ0) is 17.3. The molecule has 0 saturated carbocycles. The lowest BCUT2D eigenvalue weighted by Gasteiger charge is -2.08. The molecule has 3 rings (SSSR count). The highest BCUT2D eigenvalue weighted by molar-refractivity contribution is 6.31. The molecule has 0 aliphatic carbocycles. The van der Waals surface area contributed by atoms with Crippen LogP contribution in [0.4, 0.5) is 23.5 Å². The van der Waals surface area contributed by atoms with E-state index in [9.17, 15) is 17.6 Å². The number of aromatic nitrogens is 3. The summed E-state index contributed by atoms with van der Waals surface area (Å²) in [6, 6.07) is 3.91. The number of H-pyrrole nitrogens is 1. The summed E-state index contributed by atoms with van der Waals surface area (Å²) in [5.74, 6) is -0.663. The number of rotatable bonds is 4. The van der Waals surface area contributed by atoms with E-state index in [2.05, 4.69) is 20.3 Å². The number of alkyl halides is 3. The molecule has 0 fully saturated rings. The van der Waals surface area contributed by atoms with Crippen molar-refractivity contribution in [2.75, 3.05) is 11.9 Å². The summed E-state index contributed by atoms with van der Waals surface area (Å²) in [5, 5.41) is 3.08. The Hall–Kier alpha value is -2.35. The second-order valence-corrected chi connectivity index (χ2v) is 5.45. The van der Waals surface area contributed by atoms with Gasteiger partial charge >= 0.3 is 6.18 Å². The molecule has 0 amide bonds. The van der Waals surface area contributed by atoms with Crippen LogP contribution in [0, 0.1) is 5.82 Å². The summed E-state index contributed by atoms with van der Waals surface area (Å²) in [5.41, 5.74) is 0.233. The van der Waals surface area contributed by atoms with Gasteiger partial charge in [-0.05, 0) is 30.2 Å². The van der Waals surface area contributed by atoms with Crippen molar-refractivity contribution < 1.29 is 17.6 Å². The van der Waals surface area contributed by atoms with Gasteiger partial charge in [-0.3, -0.25) is 0 Å². The highest BCUT2D eigenvalue weighted by Gasteiger charge is 2.32. The first-order valence-corrected chi connectivity index (χ1v) is 7.32. The third-order valence-corrected chi connectivity index (χ3v) is 3.73. The number of nitrogens with one attached hydrogen (secondary N) is 2. The minimum atomic E-state index is -4.53. The predicted molar refractivity (Wildman–Crippen MR) is 82.5 cm³/mol. The maximum absolute atomic E-state index is 14.1. The third-order valence-electron chi connectivity index (χ3n) is 3.44. The molecule has 1 aromatic carbocycles. The minimum Gasteiger partial charge on any atom is -0.361 e. The number of benzene rings is 1. The topological polar surface area (TPSA) is 53.6 Å². The molecule has 3 aromatic rings. The van der Waals surface area contributed by atoms with Crippen molar-refractivity contribution in [3.63, 3.8) is 0 Å². The van der Waals surface area contributed by atoms with E-state index in [0.717, 1.165) is 12.3 Å². The van der Waals surface area contributed by atoms with E-state index in [1.165, 1.54) is 6.07 Å². The number of aromatic amines is 1. The van der Waals surface area contributed by atoms with Crippen LogP contribution in [0.3, 0.4) is 0 Å². The van der Waals surface area contributed by atoms with Crippen LogP contribution in [0.2, 0.25) is 5.02 Å². The monoisotopic (exact) mass is 358 g/mol. The highest BCUT2D eigenvalue weighted by atomic mass is 35.5. The maximum atomic E-state index is 14.1. The van der Waals surface area contributed by atoms with E-state index in [0.29, 0.717) is 22.9 Å². The van der Waals surface area contributed by atoms with Crippen molar-refractivity contribution in [1.29, 1.82) is 0 Å². The summed E-state index contributed by atoms with van der Waals surface area (Å²) < 4.78 is 51.9. The predicted octanol–water partition coefficient (Wildman–Crippen LogP) is 4.42. The Morgan fingerprint density at radius 1 is 1.21 bits per heavy atom. The molecule has 24 heavy (non-hydrogen) atoms. The fourth-order valence-corrected chi connectivity index (χ4v) is 2.49. The van der Waals surface area contributed by atoms with Gasteiger partial charge in [0.05, 0.1) is 5.02 Å². The molecule has 9 heteroatoms. The molecule has 0 bridgehead atoms.